The quantitative estimate of drug-likeness (QED) is 0.708. The summed E-state index contributed by atoms with van der Waals surface area (Å²) in [4.78, 5) is 12.0. The molecule has 4 nitrogen and oxygen atoms in total. The highest BCUT2D eigenvalue weighted by atomic mass is 32.1. The molecule has 1 saturated carbocycles. The highest BCUT2D eigenvalue weighted by molar-refractivity contribution is 7.80. The van der Waals surface area contributed by atoms with Gasteiger partial charge in [0.25, 0.3) is 0 Å². The molecular formula is C11H20N2O2S. The zero-order valence-corrected chi connectivity index (χ0v) is 10.9. The number of nitrogens with two attached hydrogens (primary N) is 1. The molecular weight excluding hydrogens is 224 g/mol. The molecule has 1 rings (SSSR count). The van der Waals surface area contributed by atoms with E-state index in [4.69, 9.17) is 22.7 Å². The Kier molecular flexibility index (Phi) is 4.27. The topological polar surface area (TPSA) is 64.3 Å². The molecule has 3 N–H and O–H groups in total. The van der Waals surface area contributed by atoms with E-state index in [2.05, 4.69) is 5.32 Å². The largest absolute Gasteiger partial charge is 0.392 e. The minimum absolute atomic E-state index is 0.0509. The third kappa shape index (κ3) is 4.90. The van der Waals surface area contributed by atoms with Crippen molar-refractivity contribution in [3.8, 4) is 0 Å². The number of nitrogens with one attached hydrogen (secondary N) is 1. The van der Waals surface area contributed by atoms with Gasteiger partial charge in [-0.1, -0.05) is 12.2 Å². The van der Waals surface area contributed by atoms with E-state index in [1.165, 1.54) is 0 Å². The summed E-state index contributed by atoms with van der Waals surface area (Å²) >= 11 is 4.93. The van der Waals surface area contributed by atoms with E-state index < -0.39 is 0 Å². The summed E-state index contributed by atoms with van der Waals surface area (Å²) in [6.45, 7) is 5.78. The van der Waals surface area contributed by atoms with E-state index in [1.807, 2.05) is 20.8 Å². The molecule has 92 valence electrons. The average molecular weight is 244 g/mol. The normalized spacial score (nSPS) is 17.9. The lowest BCUT2D eigenvalue weighted by molar-refractivity contribution is -0.130. The summed E-state index contributed by atoms with van der Waals surface area (Å²) in [5.41, 5.74) is 5.27. The molecule has 0 aromatic heterocycles. The number of carbonyl (C=O) groups is 1. The maximum absolute atomic E-state index is 11.6. The summed E-state index contributed by atoms with van der Waals surface area (Å²) in [7, 11) is 0. The van der Waals surface area contributed by atoms with Crippen molar-refractivity contribution < 1.29 is 9.53 Å². The molecule has 1 aliphatic carbocycles. The number of amides is 1. The van der Waals surface area contributed by atoms with Crippen LogP contribution in [0.25, 0.3) is 0 Å². The standard InChI is InChI=1S/C11H20N2O2S/c1-11(2,3)15-6-8(14)13-9(10(12)16)7-4-5-7/h7,9H,4-6H2,1-3H3,(H2,12,16)(H,13,14). The van der Waals surface area contributed by atoms with Crippen molar-refractivity contribution in [1.82, 2.24) is 5.32 Å². The second-order valence-electron chi connectivity index (χ2n) is 5.19. The molecule has 1 amide bonds. The maximum Gasteiger partial charge on any atom is 0.246 e. The van der Waals surface area contributed by atoms with Crippen molar-refractivity contribution in [2.24, 2.45) is 11.7 Å². The van der Waals surface area contributed by atoms with Gasteiger partial charge >= 0.3 is 0 Å². The van der Waals surface area contributed by atoms with Crippen molar-refractivity contribution in [1.29, 1.82) is 0 Å². The molecule has 5 heteroatoms. The number of thiocarbonyl (C=S) groups is 1. The minimum Gasteiger partial charge on any atom is -0.392 e. The van der Waals surface area contributed by atoms with Gasteiger partial charge in [0, 0.05) is 0 Å². The fraction of sp³-hybridized carbons (Fsp3) is 0.818. The first-order chi connectivity index (χ1) is 7.29. The van der Waals surface area contributed by atoms with E-state index in [9.17, 15) is 4.79 Å². The molecule has 0 aromatic rings. The number of hydrogen-bond donors (Lipinski definition) is 2. The Morgan fingerprint density at radius 1 is 1.56 bits per heavy atom. The van der Waals surface area contributed by atoms with Crippen molar-refractivity contribution >= 4 is 23.1 Å². The Morgan fingerprint density at radius 2 is 2.12 bits per heavy atom. The molecule has 0 spiro atoms. The van der Waals surface area contributed by atoms with Gasteiger partial charge in [-0.3, -0.25) is 4.79 Å². The Balaban J connectivity index is 2.34. The molecule has 0 aromatic carbocycles. The van der Waals surface area contributed by atoms with E-state index in [-0.39, 0.29) is 24.2 Å². The van der Waals surface area contributed by atoms with Crippen LogP contribution >= 0.6 is 12.2 Å². The Labute approximate surface area is 102 Å². The van der Waals surface area contributed by atoms with Gasteiger partial charge < -0.3 is 15.8 Å². The molecule has 1 fully saturated rings. The Hall–Kier alpha value is -0.680. The summed E-state index contributed by atoms with van der Waals surface area (Å²) in [6, 6.07) is -0.161. The van der Waals surface area contributed by atoms with Crippen LogP contribution in [0.3, 0.4) is 0 Å². The van der Waals surface area contributed by atoms with Gasteiger partial charge in [-0.2, -0.15) is 0 Å². The summed E-state index contributed by atoms with van der Waals surface area (Å²) in [6.07, 6.45) is 2.17. The van der Waals surface area contributed by atoms with Crippen LogP contribution in [-0.4, -0.2) is 29.1 Å². The number of carbonyl (C=O) groups excluding carboxylic acids is 1. The second-order valence-corrected chi connectivity index (χ2v) is 5.66. The van der Waals surface area contributed by atoms with Crippen LogP contribution in [0, 0.1) is 5.92 Å². The van der Waals surface area contributed by atoms with Crippen LogP contribution in [0.15, 0.2) is 0 Å². The van der Waals surface area contributed by atoms with Crippen LogP contribution in [0.4, 0.5) is 0 Å². The van der Waals surface area contributed by atoms with Crippen LogP contribution in [0.5, 0.6) is 0 Å². The van der Waals surface area contributed by atoms with Crippen LogP contribution in [0.2, 0.25) is 0 Å². The molecule has 0 radical (unpaired) electrons. The molecule has 16 heavy (non-hydrogen) atoms. The van der Waals surface area contributed by atoms with Crippen LogP contribution in [-0.2, 0) is 9.53 Å². The molecule has 0 saturated heterocycles. The monoisotopic (exact) mass is 244 g/mol. The lowest BCUT2D eigenvalue weighted by Crippen LogP contribution is -2.46. The summed E-state index contributed by atoms with van der Waals surface area (Å²) in [5.74, 6) is 0.274. The fourth-order valence-corrected chi connectivity index (χ4v) is 1.60. The van der Waals surface area contributed by atoms with Gasteiger partial charge in [0.2, 0.25) is 5.91 Å². The van der Waals surface area contributed by atoms with Crippen molar-refractivity contribution in [3.05, 3.63) is 0 Å². The van der Waals surface area contributed by atoms with E-state index in [1.54, 1.807) is 0 Å². The fourth-order valence-electron chi connectivity index (χ4n) is 1.35. The van der Waals surface area contributed by atoms with Gasteiger partial charge in [-0.15, -0.1) is 0 Å². The predicted octanol–water partition coefficient (Wildman–Crippen LogP) is 0.982. The van der Waals surface area contributed by atoms with Crippen molar-refractivity contribution in [2.45, 2.75) is 45.3 Å². The summed E-state index contributed by atoms with van der Waals surface area (Å²) < 4.78 is 5.38. The lowest BCUT2D eigenvalue weighted by atomic mass is 10.2. The molecule has 1 unspecified atom stereocenters. The molecule has 1 atom stereocenters. The van der Waals surface area contributed by atoms with Gasteiger partial charge in [0.05, 0.1) is 16.6 Å². The minimum atomic E-state index is -0.310. The van der Waals surface area contributed by atoms with E-state index >= 15 is 0 Å². The van der Waals surface area contributed by atoms with Gasteiger partial charge in [-0.25, -0.2) is 0 Å². The third-order valence-corrected chi connectivity index (χ3v) is 2.61. The Bertz CT molecular complexity index is 282. The summed E-state index contributed by atoms with van der Waals surface area (Å²) in [5, 5.41) is 2.82. The molecule has 1 aliphatic rings. The first-order valence-corrected chi connectivity index (χ1v) is 5.93. The molecule has 0 aliphatic heterocycles. The van der Waals surface area contributed by atoms with Gasteiger partial charge in [-0.05, 0) is 39.5 Å². The van der Waals surface area contributed by atoms with Gasteiger partial charge in [0.15, 0.2) is 0 Å². The maximum atomic E-state index is 11.6. The Morgan fingerprint density at radius 3 is 2.50 bits per heavy atom. The first kappa shape index (κ1) is 13.4. The second kappa shape index (κ2) is 5.10. The number of ether oxygens (including phenoxy) is 1. The molecule has 0 heterocycles. The number of rotatable bonds is 5. The van der Waals surface area contributed by atoms with E-state index in [0.717, 1.165) is 12.8 Å². The highest BCUT2D eigenvalue weighted by Gasteiger charge is 2.34. The first-order valence-electron chi connectivity index (χ1n) is 5.52. The molecule has 0 bridgehead atoms. The SMILES string of the molecule is CC(C)(C)OCC(=O)NC(C(N)=S)C1CC1. The van der Waals surface area contributed by atoms with Crippen molar-refractivity contribution in [2.75, 3.05) is 6.61 Å². The number of hydrogen-bond acceptors (Lipinski definition) is 3. The average Bonchev–Trinajstić information content (AvgIpc) is 2.92. The predicted molar refractivity (Wildman–Crippen MR) is 67.1 cm³/mol. The van der Waals surface area contributed by atoms with Crippen molar-refractivity contribution in [3.63, 3.8) is 0 Å². The van der Waals surface area contributed by atoms with E-state index in [0.29, 0.717) is 10.9 Å². The smallest absolute Gasteiger partial charge is 0.246 e. The van der Waals surface area contributed by atoms with Crippen LogP contribution in [0.1, 0.15) is 33.6 Å². The third-order valence-electron chi connectivity index (χ3n) is 2.35. The van der Waals surface area contributed by atoms with Gasteiger partial charge in [0.1, 0.15) is 6.61 Å². The lowest BCUT2D eigenvalue weighted by Gasteiger charge is -2.21. The zero-order valence-electron chi connectivity index (χ0n) is 10.1. The zero-order chi connectivity index (χ0) is 12.3. The highest BCUT2D eigenvalue weighted by Crippen LogP contribution is 2.32. The van der Waals surface area contributed by atoms with Crippen LogP contribution < -0.4 is 11.1 Å².